The molecule has 9 heteroatoms. The molecule has 222 valence electrons. The highest BCUT2D eigenvalue weighted by Gasteiger charge is 2.45. The molecular weight excluding hydrogens is 536 g/mol. The normalized spacial score (nSPS) is 22.2. The SMILES string of the molecule is Cc1ccc(S(=O)(=O)N2CCN([C@@H]3CCCc4cc(CCCNCC5CCCC5)ccc43)C(=O)C2CC(N)=O)cc1. The van der Waals surface area contributed by atoms with Crippen molar-refractivity contribution in [3.8, 4) is 0 Å². The Hall–Kier alpha value is -2.75. The van der Waals surface area contributed by atoms with Crippen LogP contribution in [0.15, 0.2) is 47.4 Å². The first kappa shape index (κ1) is 29.7. The van der Waals surface area contributed by atoms with Gasteiger partial charge in [-0.2, -0.15) is 4.31 Å². The standard InChI is InChI=1S/C32H44N4O4S/c1-23-11-14-27(15-12-23)41(39,40)36-19-18-35(32(38)30(36)21-31(33)37)29-10-4-9-26-20-24(13-16-28(26)29)8-5-17-34-22-25-6-2-3-7-25/h11-16,20,25,29-30,34H,2-10,17-19,21-22H2,1H3,(H2,33,37)/t29-,30?/m1/s1. The number of sulfonamides is 1. The molecule has 1 saturated carbocycles. The van der Waals surface area contributed by atoms with Crippen molar-refractivity contribution in [2.75, 3.05) is 26.2 Å². The van der Waals surface area contributed by atoms with Gasteiger partial charge in [0.05, 0.1) is 17.4 Å². The van der Waals surface area contributed by atoms with E-state index in [1.54, 1.807) is 29.2 Å². The summed E-state index contributed by atoms with van der Waals surface area (Å²) in [5.41, 5.74) is 10.2. The maximum atomic E-state index is 13.9. The summed E-state index contributed by atoms with van der Waals surface area (Å²) in [6.07, 6.45) is 10.0. The van der Waals surface area contributed by atoms with Gasteiger partial charge >= 0.3 is 0 Å². The van der Waals surface area contributed by atoms with E-state index in [1.165, 1.54) is 41.1 Å². The first-order valence-corrected chi connectivity index (χ1v) is 16.7. The Morgan fingerprint density at radius 3 is 2.51 bits per heavy atom. The molecule has 2 atom stereocenters. The molecular formula is C32H44N4O4S. The van der Waals surface area contributed by atoms with Crippen LogP contribution in [0.25, 0.3) is 0 Å². The van der Waals surface area contributed by atoms with Gasteiger partial charge in [-0.25, -0.2) is 8.42 Å². The number of nitrogens with zero attached hydrogens (tertiary/aromatic N) is 2. The highest BCUT2D eigenvalue weighted by Crippen LogP contribution is 2.38. The number of aryl methyl sites for hydroxylation is 3. The highest BCUT2D eigenvalue weighted by atomic mass is 32.2. The number of nitrogens with one attached hydrogen (secondary N) is 1. The largest absolute Gasteiger partial charge is 0.370 e. The van der Waals surface area contributed by atoms with Crippen molar-refractivity contribution >= 4 is 21.8 Å². The lowest BCUT2D eigenvalue weighted by Gasteiger charge is -2.44. The lowest BCUT2D eigenvalue weighted by atomic mass is 9.84. The number of benzene rings is 2. The third kappa shape index (κ3) is 6.84. The monoisotopic (exact) mass is 580 g/mol. The van der Waals surface area contributed by atoms with Crippen LogP contribution in [0.5, 0.6) is 0 Å². The number of nitrogens with two attached hydrogens (primary N) is 1. The van der Waals surface area contributed by atoms with Gasteiger partial charge in [-0.3, -0.25) is 9.59 Å². The molecule has 1 aliphatic heterocycles. The number of carbonyl (C=O) groups is 2. The van der Waals surface area contributed by atoms with Crippen LogP contribution in [0.3, 0.4) is 0 Å². The number of hydrogen-bond donors (Lipinski definition) is 2. The molecule has 0 spiro atoms. The summed E-state index contributed by atoms with van der Waals surface area (Å²) in [6.45, 7) is 4.45. The Kier molecular flexibility index (Phi) is 9.46. The van der Waals surface area contributed by atoms with Gasteiger partial charge < -0.3 is 16.0 Å². The first-order valence-electron chi connectivity index (χ1n) is 15.2. The number of carbonyl (C=O) groups excluding carboxylic acids is 2. The molecule has 5 rings (SSSR count). The smallest absolute Gasteiger partial charge is 0.243 e. The summed E-state index contributed by atoms with van der Waals surface area (Å²) in [6, 6.07) is 11.9. The number of piperazine rings is 1. The van der Waals surface area contributed by atoms with E-state index >= 15 is 0 Å². The third-order valence-electron chi connectivity index (χ3n) is 9.09. The number of rotatable bonds is 11. The average Bonchev–Trinajstić information content (AvgIpc) is 3.47. The van der Waals surface area contributed by atoms with Gasteiger partial charge in [0.1, 0.15) is 6.04 Å². The predicted molar refractivity (Wildman–Crippen MR) is 160 cm³/mol. The summed E-state index contributed by atoms with van der Waals surface area (Å²) in [5, 5.41) is 3.64. The van der Waals surface area contributed by atoms with Crippen molar-refractivity contribution < 1.29 is 18.0 Å². The topological polar surface area (TPSA) is 113 Å². The Morgan fingerprint density at radius 2 is 1.78 bits per heavy atom. The number of fused-ring (bicyclic) bond motifs is 1. The quantitative estimate of drug-likeness (QED) is 0.392. The van der Waals surface area contributed by atoms with Crippen molar-refractivity contribution in [1.82, 2.24) is 14.5 Å². The third-order valence-corrected chi connectivity index (χ3v) is 11.0. The van der Waals surface area contributed by atoms with Gasteiger partial charge in [0.2, 0.25) is 21.8 Å². The summed E-state index contributed by atoms with van der Waals surface area (Å²) >= 11 is 0. The van der Waals surface area contributed by atoms with Crippen LogP contribution in [0.1, 0.15) is 79.7 Å². The number of hydrogen-bond acceptors (Lipinski definition) is 5. The predicted octanol–water partition coefficient (Wildman–Crippen LogP) is 3.86. The summed E-state index contributed by atoms with van der Waals surface area (Å²) in [5.74, 6) is -0.188. The van der Waals surface area contributed by atoms with E-state index in [2.05, 4.69) is 23.5 Å². The van der Waals surface area contributed by atoms with Crippen LogP contribution >= 0.6 is 0 Å². The minimum absolute atomic E-state index is 0.114. The molecule has 2 amide bonds. The Bertz CT molecular complexity index is 1340. The van der Waals surface area contributed by atoms with Crippen molar-refractivity contribution in [3.05, 3.63) is 64.7 Å². The molecule has 3 aliphatic rings. The first-order chi connectivity index (χ1) is 19.7. The van der Waals surface area contributed by atoms with Crippen LogP contribution in [0, 0.1) is 12.8 Å². The molecule has 8 nitrogen and oxygen atoms in total. The van der Waals surface area contributed by atoms with Crippen molar-refractivity contribution in [1.29, 1.82) is 0 Å². The fourth-order valence-corrected chi connectivity index (χ4v) is 8.44. The zero-order valence-corrected chi connectivity index (χ0v) is 25.0. The molecule has 0 bridgehead atoms. The zero-order chi connectivity index (χ0) is 29.0. The fraction of sp³-hybridized carbons (Fsp3) is 0.562. The van der Waals surface area contributed by atoms with Crippen LogP contribution in [0.4, 0.5) is 0 Å². The van der Waals surface area contributed by atoms with E-state index in [1.807, 2.05) is 6.92 Å². The molecule has 2 aliphatic carbocycles. The van der Waals surface area contributed by atoms with Gasteiger partial charge in [-0.15, -0.1) is 0 Å². The molecule has 0 radical (unpaired) electrons. The van der Waals surface area contributed by atoms with Gasteiger partial charge in [-0.1, -0.05) is 48.7 Å². The van der Waals surface area contributed by atoms with Crippen LogP contribution in [-0.4, -0.2) is 61.7 Å². The minimum Gasteiger partial charge on any atom is -0.370 e. The van der Waals surface area contributed by atoms with E-state index in [4.69, 9.17) is 5.73 Å². The molecule has 2 aromatic rings. The lowest BCUT2D eigenvalue weighted by molar-refractivity contribution is -0.144. The molecule has 1 heterocycles. The summed E-state index contributed by atoms with van der Waals surface area (Å²) in [7, 11) is -3.97. The van der Waals surface area contributed by atoms with Crippen LogP contribution in [0.2, 0.25) is 0 Å². The van der Waals surface area contributed by atoms with E-state index in [0.717, 1.165) is 62.2 Å². The molecule has 0 aromatic heterocycles. The van der Waals surface area contributed by atoms with Crippen molar-refractivity contribution in [2.24, 2.45) is 11.7 Å². The Morgan fingerprint density at radius 1 is 1.02 bits per heavy atom. The van der Waals surface area contributed by atoms with Gasteiger partial charge in [0.15, 0.2) is 0 Å². The van der Waals surface area contributed by atoms with E-state index in [0.29, 0.717) is 0 Å². The lowest BCUT2D eigenvalue weighted by Crippen LogP contribution is -2.60. The minimum atomic E-state index is -3.97. The second-order valence-electron chi connectivity index (χ2n) is 12.0. The van der Waals surface area contributed by atoms with Crippen molar-refractivity contribution in [3.63, 3.8) is 0 Å². The maximum Gasteiger partial charge on any atom is 0.243 e. The highest BCUT2D eigenvalue weighted by molar-refractivity contribution is 7.89. The number of amides is 2. The molecule has 2 aromatic carbocycles. The van der Waals surface area contributed by atoms with Crippen LogP contribution < -0.4 is 11.1 Å². The van der Waals surface area contributed by atoms with Gasteiger partial charge in [0, 0.05) is 13.1 Å². The second kappa shape index (κ2) is 13.0. The number of primary amides is 1. The maximum absolute atomic E-state index is 13.9. The van der Waals surface area contributed by atoms with Crippen LogP contribution in [-0.2, 0) is 32.5 Å². The van der Waals surface area contributed by atoms with E-state index in [-0.39, 0.29) is 36.4 Å². The summed E-state index contributed by atoms with van der Waals surface area (Å²) in [4.78, 5) is 27.8. The van der Waals surface area contributed by atoms with E-state index < -0.39 is 22.0 Å². The fourth-order valence-electron chi connectivity index (χ4n) is 6.87. The van der Waals surface area contributed by atoms with Crippen molar-refractivity contribution in [2.45, 2.75) is 88.1 Å². The summed E-state index contributed by atoms with van der Waals surface area (Å²) < 4.78 is 28.3. The average molecular weight is 581 g/mol. The molecule has 1 saturated heterocycles. The Balaban J connectivity index is 1.27. The molecule has 1 unspecified atom stereocenters. The second-order valence-corrected chi connectivity index (χ2v) is 13.9. The molecule has 2 fully saturated rings. The Labute approximate surface area is 244 Å². The van der Waals surface area contributed by atoms with Gasteiger partial charge in [0.25, 0.3) is 0 Å². The van der Waals surface area contributed by atoms with Gasteiger partial charge in [-0.05, 0) is 99.7 Å². The van der Waals surface area contributed by atoms with E-state index in [9.17, 15) is 18.0 Å². The molecule has 3 N–H and O–H groups in total. The zero-order valence-electron chi connectivity index (χ0n) is 24.2. The molecule has 41 heavy (non-hydrogen) atoms.